The minimum atomic E-state index is 0.443. The number of methoxy groups -OCH3 is 1. The van der Waals surface area contributed by atoms with Crippen LogP contribution in [0.5, 0.6) is 5.75 Å². The fraction of sp³-hybridized carbons (Fsp3) is 0.462. The number of nitrogens with two attached hydrogens (primary N) is 1. The monoisotopic (exact) mass is 282 g/mol. The summed E-state index contributed by atoms with van der Waals surface area (Å²) in [5.41, 5.74) is 7.83. The van der Waals surface area contributed by atoms with Gasteiger partial charge in [0.15, 0.2) is 0 Å². The van der Waals surface area contributed by atoms with Gasteiger partial charge in [0.2, 0.25) is 0 Å². The quantitative estimate of drug-likeness (QED) is 0.861. The van der Waals surface area contributed by atoms with E-state index in [1.807, 2.05) is 30.0 Å². The van der Waals surface area contributed by atoms with Gasteiger partial charge in [0.1, 0.15) is 10.7 Å². The first-order valence-electron chi connectivity index (χ1n) is 5.96. The first-order valence-corrected chi connectivity index (χ1v) is 7.42. The maximum absolute atomic E-state index is 5.81. The molecular weight excluding hydrogens is 264 g/mol. The van der Waals surface area contributed by atoms with Crippen LogP contribution in [-0.2, 0) is 0 Å². The minimum absolute atomic E-state index is 0.443. The van der Waals surface area contributed by atoms with Crippen molar-refractivity contribution in [2.45, 2.75) is 12.2 Å². The van der Waals surface area contributed by atoms with Gasteiger partial charge in [-0.25, -0.2) is 0 Å². The van der Waals surface area contributed by atoms with Gasteiger partial charge in [-0.3, -0.25) is 0 Å². The van der Waals surface area contributed by atoms with Crippen molar-refractivity contribution in [3.05, 3.63) is 23.8 Å². The van der Waals surface area contributed by atoms with Crippen molar-refractivity contribution in [1.29, 1.82) is 0 Å². The Morgan fingerprint density at radius 3 is 2.94 bits per heavy atom. The van der Waals surface area contributed by atoms with Gasteiger partial charge in [0.25, 0.3) is 0 Å². The number of thiocarbonyl (C=S) groups is 1. The highest BCUT2D eigenvalue weighted by Crippen LogP contribution is 2.30. The van der Waals surface area contributed by atoms with E-state index < -0.39 is 0 Å². The number of nitrogens with zero attached hydrogens (tertiary/aromatic N) is 1. The highest BCUT2D eigenvalue weighted by molar-refractivity contribution is 8.00. The maximum atomic E-state index is 5.81. The molecule has 5 heteroatoms. The molecule has 0 aromatic heterocycles. The lowest BCUT2D eigenvalue weighted by Gasteiger charge is -2.33. The lowest BCUT2D eigenvalue weighted by molar-refractivity contribution is 0.414. The molecule has 2 N–H and O–H groups in total. The zero-order chi connectivity index (χ0) is 13.1. The van der Waals surface area contributed by atoms with Gasteiger partial charge in [-0.2, -0.15) is 11.8 Å². The van der Waals surface area contributed by atoms with Crippen LogP contribution in [0.2, 0.25) is 0 Å². The third-order valence-corrected chi connectivity index (χ3v) is 4.41. The number of hydrogen-bond acceptors (Lipinski definition) is 4. The summed E-state index contributed by atoms with van der Waals surface area (Å²) in [4.78, 5) is 2.79. The van der Waals surface area contributed by atoms with Crippen LogP contribution in [0.25, 0.3) is 0 Å². The molecule has 1 aliphatic heterocycles. The van der Waals surface area contributed by atoms with E-state index in [9.17, 15) is 0 Å². The van der Waals surface area contributed by atoms with Gasteiger partial charge < -0.3 is 15.4 Å². The zero-order valence-electron chi connectivity index (χ0n) is 10.7. The predicted octanol–water partition coefficient (Wildman–Crippen LogP) is 2.27. The van der Waals surface area contributed by atoms with Crippen molar-refractivity contribution in [3.8, 4) is 5.75 Å². The van der Waals surface area contributed by atoms with E-state index in [0.717, 1.165) is 35.8 Å². The van der Waals surface area contributed by atoms with Crippen LogP contribution in [0.15, 0.2) is 18.2 Å². The molecule has 1 heterocycles. The molecule has 0 spiro atoms. The Labute approximate surface area is 118 Å². The molecule has 1 unspecified atom stereocenters. The molecular formula is C13H18N2OS2. The topological polar surface area (TPSA) is 38.5 Å². The lowest BCUT2D eigenvalue weighted by atomic mass is 10.1. The molecule has 0 bridgehead atoms. The summed E-state index contributed by atoms with van der Waals surface area (Å²) in [6.07, 6.45) is 0. The normalized spacial score (nSPS) is 19.7. The van der Waals surface area contributed by atoms with Gasteiger partial charge in [0, 0.05) is 35.7 Å². The Hall–Kier alpha value is -0.940. The second-order valence-electron chi connectivity index (χ2n) is 4.37. The highest BCUT2D eigenvalue weighted by Gasteiger charge is 2.20. The Morgan fingerprint density at radius 2 is 2.33 bits per heavy atom. The van der Waals surface area contributed by atoms with Crippen molar-refractivity contribution < 1.29 is 4.74 Å². The molecule has 1 aromatic carbocycles. The van der Waals surface area contributed by atoms with Crippen LogP contribution in [-0.4, -0.2) is 36.2 Å². The summed E-state index contributed by atoms with van der Waals surface area (Å²) in [7, 11) is 1.67. The fourth-order valence-corrected chi connectivity index (χ4v) is 3.33. The van der Waals surface area contributed by atoms with Crippen LogP contribution in [0.3, 0.4) is 0 Å². The Bertz CT molecular complexity index is 451. The number of hydrogen-bond donors (Lipinski definition) is 1. The molecule has 1 fully saturated rings. The molecule has 1 aliphatic rings. The molecule has 0 saturated carbocycles. The first-order chi connectivity index (χ1) is 8.61. The molecule has 0 aliphatic carbocycles. The maximum Gasteiger partial charge on any atom is 0.120 e. The van der Waals surface area contributed by atoms with Gasteiger partial charge in [-0.1, -0.05) is 19.1 Å². The summed E-state index contributed by atoms with van der Waals surface area (Å²) < 4.78 is 5.29. The Balaban J connectivity index is 2.36. The summed E-state index contributed by atoms with van der Waals surface area (Å²) >= 11 is 7.14. The SMILES string of the molecule is COc1ccc(C(N)=S)c(N2CCSC(C)C2)c1. The number of thioether (sulfide) groups is 1. The van der Waals surface area contributed by atoms with Crippen molar-refractivity contribution in [1.82, 2.24) is 0 Å². The summed E-state index contributed by atoms with van der Waals surface area (Å²) in [6.45, 7) is 4.29. The van der Waals surface area contributed by atoms with E-state index in [2.05, 4.69) is 11.8 Å². The van der Waals surface area contributed by atoms with E-state index in [-0.39, 0.29) is 0 Å². The average molecular weight is 282 g/mol. The standard InChI is InChI=1S/C13H18N2OS2/c1-9-8-15(5-6-18-9)12-7-10(16-2)3-4-11(12)13(14)17/h3-4,7,9H,5-6,8H2,1-2H3,(H2,14,17). The van der Waals surface area contributed by atoms with Crippen molar-refractivity contribution in [2.75, 3.05) is 30.9 Å². The largest absolute Gasteiger partial charge is 0.497 e. The predicted molar refractivity (Wildman–Crippen MR) is 83.0 cm³/mol. The van der Waals surface area contributed by atoms with Crippen molar-refractivity contribution in [2.24, 2.45) is 5.73 Å². The van der Waals surface area contributed by atoms with E-state index in [4.69, 9.17) is 22.7 Å². The zero-order valence-corrected chi connectivity index (χ0v) is 12.3. The minimum Gasteiger partial charge on any atom is -0.497 e. The summed E-state index contributed by atoms with van der Waals surface area (Å²) in [5, 5.41) is 0.629. The van der Waals surface area contributed by atoms with Gasteiger partial charge in [-0.15, -0.1) is 0 Å². The van der Waals surface area contributed by atoms with E-state index in [1.165, 1.54) is 0 Å². The molecule has 18 heavy (non-hydrogen) atoms. The molecule has 3 nitrogen and oxygen atoms in total. The van der Waals surface area contributed by atoms with Crippen molar-refractivity contribution in [3.63, 3.8) is 0 Å². The number of rotatable bonds is 3. The Morgan fingerprint density at radius 1 is 1.56 bits per heavy atom. The third kappa shape index (κ3) is 2.90. The molecule has 1 aromatic rings. The second kappa shape index (κ2) is 5.80. The van der Waals surface area contributed by atoms with E-state index in [0.29, 0.717) is 10.2 Å². The smallest absolute Gasteiger partial charge is 0.120 e. The fourth-order valence-electron chi connectivity index (χ4n) is 2.15. The number of benzene rings is 1. The van der Waals surface area contributed by atoms with Crippen LogP contribution in [0.4, 0.5) is 5.69 Å². The van der Waals surface area contributed by atoms with Crippen LogP contribution in [0, 0.1) is 0 Å². The van der Waals surface area contributed by atoms with Crippen LogP contribution >= 0.6 is 24.0 Å². The average Bonchev–Trinajstić information content (AvgIpc) is 2.38. The molecule has 0 radical (unpaired) electrons. The summed E-state index contributed by atoms with van der Waals surface area (Å²) in [5.74, 6) is 1.98. The Kier molecular flexibility index (Phi) is 4.35. The first kappa shape index (κ1) is 13.5. The number of anilines is 1. The van der Waals surface area contributed by atoms with Crippen molar-refractivity contribution >= 4 is 34.7 Å². The molecule has 2 rings (SSSR count). The molecule has 0 amide bonds. The van der Waals surface area contributed by atoms with Gasteiger partial charge in [0.05, 0.1) is 12.8 Å². The molecule has 98 valence electrons. The number of ether oxygens (including phenoxy) is 1. The van der Waals surface area contributed by atoms with Crippen LogP contribution in [0.1, 0.15) is 12.5 Å². The molecule has 1 saturated heterocycles. The van der Waals surface area contributed by atoms with Crippen LogP contribution < -0.4 is 15.4 Å². The summed E-state index contributed by atoms with van der Waals surface area (Å²) in [6, 6.07) is 5.88. The third-order valence-electron chi connectivity index (χ3n) is 3.05. The van der Waals surface area contributed by atoms with Gasteiger partial charge >= 0.3 is 0 Å². The van der Waals surface area contributed by atoms with Gasteiger partial charge in [-0.05, 0) is 12.1 Å². The van der Waals surface area contributed by atoms with E-state index in [1.54, 1.807) is 7.11 Å². The second-order valence-corrected chi connectivity index (χ2v) is 6.36. The molecule has 1 atom stereocenters. The van der Waals surface area contributed by atoms with E-state index >= 15 is 0 Å². The lowest BCUT2D eigenvalue weighted by Crippen LogP contribution is -2.37. The highest BCUT2D eigenvalue weighted by atomic mass is 32.2.